The largest absolute Gasteiger partial charge is 0.368 e. The van der Waals surface area contributed by atoms with Crippen molar-refractivity contribution in [2.45, 2.75) is 25.1 Å². The Kier molecular flexibility index (Phi) is 7.19. The molecule has 0 unspecified atom stereocenters. The fourth-order valence-electron chi connectivity index (χ4n) is 3.70. The Morgan fingerprint density at radius 3 is 2.76 bits per heavy atom. The molecule has 0 radical (unpaired) electrons. The first kappa shape index (κ1) is 22.7. The van der Waals surface area contributed by atoms with Gasteiger partial charge in [-0.1, -0.05) is 12.1 Å². The van der Waals surface area contributed by atoms with Crippen molar-refractivity contribution in [2.24, 2.45) is 0 Å². The summed E-state index contributed by atoms with van der Waals surface area (Å²) in [5.74, 6) is -0.0859. The zero-order valence-corrected chi connectivity index (χ0v) is 18.3. The number of aromatic nitrogens is 3. The second-order valence-electron chi connectivity index (χ2n) is 8.22. The maximum atomic E-state index is 14.2. The fourth-order valence-corrected chi connectivity index (χ4v) is 3.70. The van der Waals surface area contributed by atoms with Gasteiger partial charge in [-0.3, -0.25) is 9.78 Å². The number of nitrogens with one attached hydrogen (secondary N) is 2. The van der Waals surface area contributed by atoms with E-state index in [9.17, 15) is 13.6 Å². The second-order valence-corrected chi connectivity index (χ2v) is 8.22. The molecule has 1 aromatic carbocycles. The molecule has 0 aliphatic carbocycles. The SMILES string of the molecule is CN1CC(NC(=O)c2cccc(-c3ccc(NCC[C@H](F)Cc4ncccc4F)nn3)c2)C1. The summed E-state index contributed by atoms with van der Waals surface area (Å²) >= 11 is 0. The van der Waals surface area contributed by atoms with Crippen LogP contribution >= 0.6 is 0 Å². The lowest BCUT2D eigenvalue weighted by Crippen LogP contribution is -2.57. The van der Waals surface area contributed by atoms with Crippen molar-refractivity contribution in [3.05, 3.63) is 71.8 Å². The number of amides is 1. The molecule has 0 bridgehead atoms. The first-order valence-electron chi connectivity index (χ1n) is 10.9. The predicted octanol–water partition coefficient (Wildman–Crippen LogP) is 3.10. The van der Waals surface area contributed by atoms with Gasteiger partial charge in [0, 0.05) is 43.4 Å². The smallest absolute Gasteiger partial charge is 0.251 e. The monoisotopic (exact) mass is 452 g/mol. The third-order valence-electron chi connectivity index (χ3n) is 5.50. The van der Waals surface area contributed by atoms with Gasteiger partial charge < -0.3 is 15.5 Å². The average Bonchev–Trinajstić information content (AvgIpc) is 2.80. The van der Waals surface area contributed by atoms with E-state index in [1.54, 1.807) is 24.3 Å². The van der Waals surface area contributed by atoms with Crippen LogP contribution in [-0.4, -0.2) is 64.9 Å². The number of carbonyl (C=O) groups excluding carboxylic acids is 1. The van der Waals surface area contributed by atoms with Crippen LogP contribution in [0.15, 0.2) is 54.7 Å². The highest BCUT2D eigenvalue weighted by molar-refractivity contribution is 5.95. The molecule has 0 spiro atoms. The molecule has 1 saturated heterocycles. The molecule has 3 heterocycles. The summed E-state index contributed by atoms with van der Waals surface area (Å²) in [4.78, 5) is 18.5. The van der Waals surface area contributed by atoms with Crippen molar-refractivity contribution in [3.63, 3.8) is 0 Å². The molecule has 1 aliphatic heterocycles. The number of likely N-dealkylation sites (N-methyl/N-ethyl adjacent to an activating group) is 1. The summed E-state index contributed by atoms with van der Waals surface area (Å²) in [6.45, 7) is 2.04. The Labute approximate surface area is 191 Å². The van der Waals surface area contributed by atoms with E-state index in [2.05, 4.69) is 30.7 Å². The number of pyridine rings is 1. The summed E-state index contributed by atoms with van der Waals surface area (Å²) < 4.78 is 27.8. The highest BCUT2D eigenvalue weighted by Crippen LogP contribution is 2.19. The summed E-state index contributed by atoms with van der Waals surface area (Å²) in [7, 11) is 2.01. The lowest BCUT2D eigenvalue weighted by Gasteiger charge is -2.36. The number of alkyl halides is 1. The number of nitrogens with zero attached hydrogens (tertiary/aromatic N) is 4. The third-order valence-corrected chi connectivity index (χ3v) is 5.50. The second kappa shape index (κ2) is 10.4. The van der Waals surface area contributed by atoms with Gasteiger partial charge in [0.25, 0.3) is 5.91 Å². The predicted molar refractivity (Wildman–Crippen MR) is 122 cm³/mol. The number of halogens is 2. The minimum absolute atomic E-state index is 0.0691. The van der Waals surface area contributed by atoms with E-state index in [1.165, 1.54) is 18.3 Å². The van der Waals surface area contributed by atoms with E-state index >= 15 is 0 Å². The lowest BCUT2D eigenvalue weighted by molar-refractivity contribution is 0.0858. The molecule has 3 aromatic rings. The van der Waals surface area contributed by atoms with Gasteiger partial charge in [0.15, 0.2) is 0 Å². The van der Waals surface area contributed by atoms with Crippen LogP contribution in [0.3, 0.4) is 0 Å². The van der Waals surface area contributed by atoms with Crippen LogP contribution < -0.4 is 10.6 Å². The Bertz CT molecular complexity index is 1090. The van der Waals surface area contributed by atoms with Crippen molar-refractivity contribution in [1.29, 1.82) is 0 Å². The summed E-state index contributed by atoms with van der Waals surface area (Å²) in [5, 5.41) is 14.4. The Hall–Kier alpha value is -3.46. The van der Waals surface area contributed by atoms with Crippen LogP contribution in [0.2, 0.25) is 0 Å². The van der Waals surface area contributed by atoms with Gasteiger partial charge in [-0.25, -0.2) is 8.78 Å². The number of carbonyl (C=O) groups is 1. The minimum atomic E-state index is -1.22. The van der Waals surface area contributed by atoms with Crippen molar-refractivity contribution in [2.75, 3.05) is 32.0 Å². The first-order valence-corrected chi connectivity index (χ1v) is 10.9. The molecule has 2 aromatic heterocycles. The quantitative estimate of drug-likeness (QED) is 0.519. The number of likely N-dealkylation sites (tertiary alicyclic amines) is 1. The van der Waals surface area contributed by atoms with Gasteiger partial charge in [-0.2, -0.15) is 0 Å². The van der Waals surface area contributed by atoms with Crippen LogP contribution in [-0.2, 0) is 6.42 Å². The molecule has 4 rings (SSSR count). The number of hydrogen-bond donors (Lipinski definition) is 2. The van der Waals surface area contributed by atoms with Crippen LogP contribution in [0.5, 0.6) is 0 Å². The molecule has 1 aliphatic rings. The van der Waals surface area contributed by atoms with Gasteiger partial charge in [0.05, 0.1) is 17.4 Å². The third kappa shape index (κ3) is 6.07. The maximum Gasteiger partial charge on any atom is 0.251 e. The zero-order valence-electron chi connectivity index (χ0n) is 18.3. The van der Waals surface area contributed by atoms with Crippen LogP contribution in [0.1, 0.15) is 22.5 Å². The molecule has 172 valence electrons. The zero-order chi connectivity index (χ0) is 23.2. The molecule has 1 atom stereocenters. The summed E-state index contributed by atoms with van der Waals surface area (Å²) in [6, 6.07) is 13.7. The van der Waals surface area contributed by atoms with E-state index in [0.29, 0.717) is 23.6 Å². The van der Waals surface area contributed by atoms with Gasteiger partial charge >= 0.3 is 0 Å². The van der Waals surface area contributed by atoms with E-state index in [4.69, 9.17) is 0 Å². The number of anilines is 1. The first-order chi connectivity index (χ1) is 16.0. The van der Waals surface area contributed by atoms with Crippen molar-refractivity contribution >= 4 is 11.7 Å². The lowest BCUT2D eigenvalue weighted by atomic mass is 10.1. The minimum Gasteiger partial charge on any atom is -0.368 e. The van der Waals surface area contributed by atoms with Crippen LogP contribution in [0.25, 0.3) is 11.3 Å². The average molecular weight is 453 g/mol. The fraction of sp³-hybridized carbons (Fsp3) is 0.333. The van der Waals surface area contributed by atoms with Crippen LogP contribution in [0.4, 0.5) is 14.6 Å². The topological polar surface area (TPSA) is 83.0 Å². The van der Waals surface area contributed by atoms with Gasteiger partial charge in [-0.15, -0.1) is 10.2 Å². The molecule has 33 heavy (non-hydrogen) atoms. The molecule has 7 nitrogen and oxygen atoms in total. The van der Waals surface area contributed by atoms with E-state index < -0.39 is 12.0 Å². The van der Waals surface area contributed by atoms with E-state index in [1.807, 2.05) is 19.2 Å². The van der Waals surface area contributed by atoms with Crippen LogP contribution in [0, 0.1) is 5.82 Å². The molecule has 2 N–H and O–H groups in total. The van der Waals surface area contributed by atoms with Crippen molar-refractivity contribution in [3.8, 4) is 11.3 Å². The van der Waals surface area contributed by atoms with Crippen molar-refractivity contribution in [1.82, 2.24) is 25.4 Å². The normalized spacial score (nSPS) is 15.0. The standard InChI is InChI=1S/C24H26F2N6O/c1-32-14-19(15-32)29-24(33)17-5-2-4-16(12-17)21-7-8-23(31-30-21)28-11-9-18(25)13-22-20(26)6-3-10-27-22/h2-8,10,12,18-19H,9,11,13-15H2,1H3,(H,28,31)(H,29,33)/t18-/m0/s1. The molecule has 9 heteroatoms. The number of benzene rings is 1. The highest BCUT2D eigenvalue weighted by Gasteiger charge is 2.25. The van der Waals surface area contributed by atoms with Gasteiger partial charge in [-0.05, 0) is 49.9 Å². The van der Waals surface area contributed by atoms with E-state index in [-0.39, 0.29) is 30.5 Å². The molecular weight excluding hydrogens is 426 g/mol. The van der Waals surface area contributed by atoms with Gasteiger partial charge in [0.1, 0.15) is 17.8 Å². The maximum absolute atomic E-state index is 14.2. The summed E-state index contributed by atoms with van der Waals surface area (Å²) in [5.41, 5.74) is 2.12. The molecular formula is C24H26F2N6O. The Morgan fingerprint density at radius 1 is 1.18 bits per heavy atom. The molecule has 1 amide bonds. The van der Waals surface area contributed by atoms with E-state index in [0.717, 1.165) is 18.7 Å². The molecule has 0 saturated carbocycles. The van der Waals surface area contributed by atoms with Crippen molar-refractivity contribution < 1.29 is 13.6 Å². The Morgan fingerprint density at radius 2 is 2.03 bits per heavy atom. The highest BCUT2D eigenvalue weighted by atomic mass is 19.1. The molecule has 1 fully saturated rings. The summed E-state index contributed by atoms with van der Waals surface area (Å²) in [6.07, 6.45) is 0.354. The Balaban J connectivity index is 1.28. The number of rotatable bonds is 9. The number of hydrogen-bond acceptors (Lipinski definition) is 6. The van der Waals surface area contributed by atoms with Gasteiger partial charge in [0.2, 0.25) is 0 Å².